The summed E-state index contributed by atoms with van der Waals surface area (Å²) in [7, 11) is 0. The first kappa shape index (κ1) is 16.1. The molecule has 6 heteroatoms. The van der Waals surface area contributed by atoms with Gasteiger partial charge in [0.25, 0.3) is 0 Å². The van der Waals surface area contributed by atoms with Crippen LogP contribution in [0.4, 0.5) is 0 Å². The highest BCUT2D eigenvalue weighted by Gasteiger charge is 2.30. The standard InChI is InChI=1S/C14H21N3O3/c1-15-9-10-16-8-7-12(18)17-13(14(19)20)11-5-3-2-4-6-11/h8-11,13H,1-7H2,(H,17,18)(H,19,20)/b10-9-,16-8?. The molecule has 0 aromatic rings. The largest absolute Gasteiger partial charge is 0.480 e. The molecule has 1 atom stereocenters. The van der Waals surface area contributed by atoms with Crippen molar-refractivity contribution in [2.24, 2.45) is 15.9 Å². The molecule has 20 heavy (non-hydrogen) atoms. The van der Waals surface area contributed by atoms with Gasteiger partial charge in [-0.3, -0.25) is 14.8 Å². The molecule has 0 heterocycles. The lowest BCUT2D eigenvalue weighted by molar-refractivity contribution is -0.143. The molecule has 2 N–H and O–H groups in total. The number of nitrogens with one attached hydrogen (secondary N) is 1. The number of aliphatic imine (C=N–C) groups is 2. The van der Waals surface area contributed by atoms with Gasteiger partial charge in [0.2, 0.25) is 5.91 Å². The molecular formula is C14H21N3O3. The van der Waals surface area contributed by atoms with Gasteiger partial charge in [-0.25, -0.2) is 4.79 Å². The molecule has 6 nitrogen and oxygen atoms in total. The lowest BCUT2D eigenvalue weighted by Gasteiger charge is -2.27. The van der Waals surface area contributed by atoms with Crippen molar-refractivity contribution in [1.82, 2.24) is 5.32 Å². The summed E-state index contributed by atoms with van der Waals surface area (Å²) in [5.41, 5.74) is 0. The zero-order chi connectivity index (χ0) is 14.8. The molecule has 1 aliphatic carbocycles. The maximum atomic E-state index is 11.7. The van der Waals surface area contributed by atoms with Crippen molar-refractivity contribution in [2.45, 2.75) is 44.6 Å². The highest BCUT2D eigenvalue weighted by atomic mass is 16.4. The third kappa shape index (κ3) is 5.77. The number of amides is 1. The van der Waals surface area contributed by atoms with Gasteiger partial charge in [0.05, 0.1) is 6.42 Å². The number of carbonyl (C=O) groups excluding carboxylic acids is 1. The van der Waals surface area contributed by atoms with Crippen LogP contribution in [0.25, 0.3) is 0 Å². The van der Waals surface area contributed by atoms with Gasteiger partial charge in [-0.05, 0) is 25.5 Å². The minimum absolute atomic E-state index is 0.0343. The topological polar surface area (TPSA) is 91.1 Å². The molecule has 1 saturated carbocycles. The van der Waals surface area contributed by atoms with Crippen LogP contribution in [0, 0.1) is 5.92 Å². The predicted molar refractivity (Wildman–Crippen MR) is 77.9 cm³/mol. The van der Waals surface area contributed by atoms with Crippen LogP contribution in [-0.4, -0.2) is 36.0 Å². The quantitative estimate of drug-likeness (QED) is 0.696. The number of nitrogens with zero attached hydrogens (tertiary/aromatic N) is 2. The Balaban J connectivity index is 2.46. The maximum Gasteiger partial charge on any atom is 0.326 e. The molecule has 1 fully saturated rings. The van der Waals surface area contributed by atoms with E-state index in [1.54, 1.807) is 0 Å². The normalized spacial score (nSPS) is 18.2. The Morgan fingerprint density at radius 1 is 1.30 bits per heavy atom. The molecule has 0 radical (unpaired) electrons. The summed E-state index contributed by atoms with van der Waals surface area (Å²) < 4.78 is 0. The maximum absolute atomic E-state index is 11.7. The number of hydrogen-bond donors (Lipinski definition) is 2. The van der Waals surface area contributed by atoms with E-state index in [0.717, 1.165) is 32.1 Å². The highest BCUT2D eigenvalue weighted by Crippen LogP contribution is 2.26. The summed E-state index contributed by atoms with van der Waals surface area (Å²) in [4.78, 5) is 30.3. The first-order chi connectivity index (χ1) is 9.65. The number of rotatable bonds is 7. The van der Waals surface area contributed by atoms with Crippen LogP contribution in [0.1, 0.15) is 38.5 Å². The Morgan fingerprint density at radius 3 is 2.60 bits per heavy atom. The summed E-state index contributed by atoms with van der Waals surface area (Å²) in [6, 6.07) is -0.790. The second kappa shape index (κ2) is 9.01. The molecule has 1 rings (SSSR count). The fourth-order valence-corrected chi connectivity index (χ4v) is 2.36. The van der Waals surface area contributed by atoms with Crippen molar-refractivity contribution in [1.29, 1.82) is 0 Å². The van der Waals surface area contributed by atoms with Crippen LogP contribution in [0.15, 0.2) is 22.4 Å². The van der Waals surface area contributed by atoms with Gasteiger partial charge >= 0.3 is 5.97 Å². The van der Waals surface area contributed by atoms with E-state index in [-0.39, 0.29) is 18.2 Å². The van der Waals surface area contributed by atoms with Gasteiger partial charge in [-0.1, -0.05) is 19.3 Å². The SMILES string of the molecule is C=N/C=C\N=CCC(=O)NC(C(=O)O)C1CCCCC1. The number of hydrogen-bond acceptors (Lipinski definition) is 4. The van der Waals surface area contributed by atoms with Crippen LogP contribution in [-0.2, 0) is 9.59 Å². The molecule has 110 valence electrons. The number of carboxylic acids is 1. The molecule has 0 aliphatic heterocycles. The summed E-state index contributed by atoms with van der Waals surface area (Å²) in [6.45, 7) is 3.25. The van der Waals surface area contributed by atoms with Crippen LogP contribution < -0.4 is 5.32 Å². The fraction of sp³-hybridized carbons (Fsp3) is 0.571. The number of aliphatic carboxylic acids is 1. The van der Waals surface area contributed by atoms with E-state index >= 15 is 0 Å². The van der Waals surface area contributed by atoms with Crippen LogP contribution in [0.5, 0.6) is 0 Å². The molecule has 1 unspecified atom stereocenters. The minimum Gasteiger partial charge on any atom is -0.480 e. The summed E-state index contributed by atoms with van der Waals surface area (Å²) in [6.07, 6.45) is 9.21. The van der Waals surface area contributed by atoms with Crippen LogP contribution in [0.2, 0.25) is 0 Å². The first-order valence-electron chi connectivity index (χ1n) is 6.79. The van der Waals surface area contributed by atoms with E-state index < -0.39 is 12.0 Å². The lowest BCUT2D eigenvalue weighted by Crippen LogP contribution is -2.46. The Morgan fingerprint density at radius 2 is 2.00 bits per heavy atom. The van der Waals surface area contributed by atoms with Crippen LogP contribution >= 0.6 is 0 Å². The molecule has 0 bridgehead atoms. The summed E-state index contributed by atoms with van der Waals surface area (Å²) >= 11 is 0. The van der Waals surface area contributed by atoms with Crippen molar-refractivity contribution < 1.29 is 14.7 Å². The number of carbonyl (C=O) groups is 2. The van der Waals surface area contributed by atoms with Gasteiger partial charge in [0.15, 0.2) is 0 Å². The van der Waals surface area contributed by atoms with E-state index in [4.69, 9.17) is 0 Å². The zero-order valence-corrected chi connectivity index (χ0v) is 11.5. The van der Waals surface area contributed by atoms with Crippen LogP contribution in [0.3, 0.4) is 0 Å². The van der Waals surface area contributed by atoms with E-state index in [0.29, 0.717) is 0 Å². The van der Waals surface area contributed by atoms with Gasteiger partial charge in [0.1, 0.15) is 6.04 Å². The molecule has 0 saturated heterocycles. The van der Waals surface area contributed by atoms with Crippen molar-refractivity contribution in [3.8, 4) is 0 Å². The Hall–Kier alpha value is -1.98. The Labute approximate surface area is 118 Å². The molecule has 0 aromatic carbocycles. The second-order valence-corrected chi connectivity index (χ2v) is 4.80. The highest BCUT2D eigenvalue weighted by molar-refractivity contribution is 5.92. The average molecular weight is 279 g/mol. The first-order valence-corrected chi connectivity index (χ1v) is 6.79. The second-order valence-electron chi connectivity index (χ2n) is 4.80. The summed E-state index contributed by atoms with van der Waals surface area (Å²) in [5.74, 6) is -1.25. The van der Waals surface area contributed by atoms with E-state index in [1.807, 2.05) is 0 Å². The Kier molecular flexibility index (Phi) is 7.24. The number of carboxylic acid groups (broad SMARTS) is 1. The van der Waals surface area contributed by atoms with Crippen molar-refractivity contribution in [3.05, 3.63) is 12.4 Å². The summed E-state index contributed by atoms with van der Waals surface area (Å²) in [5, 5.41) is 11.8. The smallest absolute Gasteiger partial charge is 0.326 e. The average Bonchev–Trinajstić information content (AvgIpc) is 2.45. The van der Waals surface area contributed by atoms with Crippen molar-refractivity contribution in [3.63, 3.8) is 0 Å². The van der Waals surface area contributed by atoms with E-state index in [9.17, 15) is 14.7 Å². The monoisotopic (exact) mass is 279 g/mol. The van der Waals surface area contributed by atoms with E-state index in [1.165, 1.54) is 18.6 Å². The van der Waals surface area contributed by atoms with Gasteiger partial charge in [-0.2, -0.15) is 0 Å². The molecule has 0 aromatic heterocycles. The lowest BCUT2D eigenvalue weighted by atomic mass is 9.84. The van der Waals surface area contributed by atoms with Gasteiger partial charge in [0, 0.05) is 18.6 Å². The predicted octanol–water partition coefficient (Wildman–Crippen LogP) is 1.77. The third-order valence-corrected chi connectivity index (χ3v) is 3.34. The van der Waals surface area contributed by atoms with E-state index in [2.05, 4.69) is 22.0 Å². The van der Waals surface area contributed by atoms with Gasteiger partial charge < -0.3 is 10.4 Å². The van der Waals surface area contributed by atoms with Crippen molar-refractivity contribution >= 4 is 24.8 Å². The molecule has 1 aliphatic rings. The van der Waals surface area contributed by atoms with Gasteiger partial charge in [-0.15, -0.1) is 0 Å². The van der Waals surface area contributed by atoms with Crippen molar-refractivity contribution in [2.75, 3.05) is 0 Å². The molecule has 0 spiro atoms. The molecule has 1 amide bonds. The zero-order valence-electron chi connectivity index (χ0n) is 11.5. The fourth-order valence-electron chi connectivity index (χ4n) is 2.36. The Bertz CT molecular complexity index is 398. The third-order valence-electron chi connectivity index (χ3n) is 3.34. The minimum atomic E-state index is -0.960. The molecular weight excluding hydrogens is 258 g/mol.